The molecular formula is C16H25NO. The van der Waals surface area contributed by atoms with Crippen molar-refractivity contribution in [2.45, 2.75) is 51.2 Å². The Kier molecular flexibility index (Phi) is 5.21. The number of aliphatic hydroxyl groups is 1. The highest BCUT2D eigenvalue weighted by atomic mass is 16.3. The van der Waals surface area contributed by atoms with Crippen LogP contribution in [-0.2, 0) is 0 Å². The van der Waals surface area contributed by atoms with Gasteiger partial charge in [-0.25, -0.2) is 0 Å². The van der Waals surface area contributed by atoms with Gasteiger partial charge in [0.1, 0.15) is 0 Å². The minimum absolute atomic E-state index is 0.0392. The Morgan fingerprint density at radius 1 is 1.28 bits per heavy atom. The molecule has 0 aliphatic heterocycles. The minimum atomic E-state index is -0.0392. The fourth-order valence-corrected chi connectivity index (χ4v) is 2.66. The van der Waals surface area contributed by atoms with Crippen molar-refractivity contribution in [3.8, 4) is 0 Å². The quantitative estimate of drug-likeness (QED) is 0.775. The molecule has 0 radical (unpaired) electrons. The van der Waals surface area contributed by atoms with Crippen LogP contribution in [-0.4, -0.2) is 17.8 Å². The summed E-state index contributed by atoms with van der Waals surface area (Å²) >= 11 is 0. The van der Waals surface area contributed by atoms with Crippen LogP contribution in [0.2, 0.25) is 0 Å². The zero-order valence-electron chi connectivity index (χ0n) is 11.3. The largest absolute Gasteiger partial charge is 0.393 e. The maximum Gasteiger partial charge on any atom is 0.0546 e. The molecule has 2 heteroatoms. The summed E-state index contributed by atoms with van der Waals surface area (Å²) in [5, 5.41) is 13.0. The number of aliphatic hydroxyl groups excluding tert-OH is 1. The Morgan fingerprint density at radius 2 is 2.00 bits per heavy atom. The number of hydrogen-bond acceptors (Lipinski definition) is 2. The van der Waals surface area contributed by atoms with Gasteiger partial charge in [-0.2, -0.15) is 0 Å². The molecule has 1 fully saturated rings. The van der Waals surface area contributed by atoms with Crippen molar-refractivity contribution in [1.82, 2.24) is 5.32 Å². The van der Waals surface area contributed by atoms with E-state index in [1.165, 1.54) is 24.8 Å². The summed E-state index contributed by atoms with van der Waals surface area (Å²) in [4.78, 5) is 0. The van der Waals surface area contributed by atoms with Gasteiger partial charge < -0.3 is 10.4 Å². The van der Waals surface area contributed by atoms with E-state index in [9.17, 15) is 5.11 Å². The van der Waals surface area contributed by atoms with Crippen molar-refractivity contribution in [2.75, 3.05) is 6.54 Å². The van der Waals surface area contributed by atoms with Crippen LogP contribution in [0.1, 0.15) is 50.6 Å². The van der Waals surface area contributed by atoms with E-state index in [2.05, 4.69) is 42.6 Å². The molecule has 0 saturated heterocycles. The van der Waals surface area contributed by atoms with Crippen LogP contribution >= 0.6 is 0 Å². The summed E-state index contributed by atoms with van der Waals surface area (Å²) in [6.45, 7) is 3.28. The van der Waals surface area contributed by atoms with Crippen molar-refractivity contribution < 1.29 is 5.11 Å². The Labute approximate surface area is 110 Å². The SMILES string of the molecule is CCCCC(NCC1CC(O)C1)c1ccccc1. The summed E-state index contributed by atoms with van der Waals surface area (Å²) < 4.78 is 0. The number of benzene rings is 1. The maximum absolute atomic E-state index is 9.31. The van der Waals surface area contributed by atoms with Gasteiger partial charge in [0.05, 0.1) is 6.10 Å². The zero-order valence-corrected chi connectivity index (χ0v) is 11.3. The summed E-state index contributed by atoms with van der Waals surface area (Å²) in [6.07, 6.45) is 5.62. The number of nitrogens with one attached hydrogen (secondary N) is 1. The van der Waals surface area contributed by atoms with E-state index in [4.69, 9.17) is 0 Å². The lowest BCUT2D eigenvalue weighted by Crippen LogP contribution is -2.37. The molecule has 0 amide bonds. The molecule has 0 spiro atoms. The lowest BCUT2D eigenvalue weighted by Gasteiger charge is -2.33. The molecule has 2 rings (SSSR count). The third-order valence-corrected chi connectivity index (χ3v) is 3.91. The molecule has 2 nitrogen and oxygen atoms in total. The van der Waals surface area contributed by atoms with Crippen LogP contribution in [0, 0.1) is 5.92 Å². The summed E-state index contributed by atoms with van der Waals surface area (Å²) in [7, 11) is 0. The van der Waals surface area contributed by atoms with Gasteiger partial charge in [0.2, 0.25) is 0 Å². The second kappa shape index (κ2) is 6.91. The van der Waals surface area contributed by atoms with Crippen LogP contribution in [0.25, 0.3) is 0 Å². The second-order valence-electron chi connectivity index (χ2n) is 5.50. The van der Waals surface area contributed by atoms with E-state index >= 15 is 0 Å². The van der Waals surface area contributed by atoms with Gasteiger partial charge in [-0.3, -0.25) is 0 Å². The van der Waals surface area contributed by atoms with Crippen molar-refractivity contribution in [3.05, 3.63) is 35.9 Å². The molecule has 0 aromatic heterocycles. The highest BCUT2D eigenvalue weighted by Gasteiger charge is 2.27. The number of hydrogen-bond donors (Lipinski definition) is 2. The van der Waals surface area contributed by atoms with Crippen LogP contribution in [0.4, 0.5) is 0 Å². The van der Waals surface area contributed by atoms with Crippen LogP contribution < -0.4 is 5.32 Å². The molecule has 1 unspecified atom stereocenters. The van der Waals surface area contributed by atoms with Gasteiger partial charge in [-0.15, -0.1) is 0 Å². The first-order chi connectivity index (χ1) is 8.79. The van der Waals surface area contributed by atoms with Gasteiger partial charge in [-0.1, -0.05) is 50.1 Å². The second-order valence-corrected chi connectivity index (χ2v) is 5.50. The monoisotopic (exact) mass is 247 g/mol. The topological polar surface area (TPSA) is 32.3 Å². The molecule has 1 aliphatic carbocycles. The average Bonchev–Trinajstić information content (AvgIpc) is 2.37. The molecule has 1 aliphatic rings. The van der Waals surface area contributed by atoms with Gasteiger partial charge in [0.15, 0.2) is 0 Å². The first kappa shape index (κ1) is 13.6. The summed E-state index contributed by atoms with van der Waals surface area (Å²) in [5.41, 5.74) is 1.39. The lowest BCUT2D eigenvalue weighted by molar-refractivity contribution is 0.0416. The van der Waals surface area contributed by atoms with Crippen molar-refractivity contribution >= 4 is 0 Å². The van der Waals surface area contributed by atoms with E-state index in [0.29, 0.717) is 12.0 Å². The normalized spacial score (nSPS) is 24.6. The highest BCUT2D eigenvalue weighted by Crippen LogP contribution is 2.28. The summed E-state index contributed by atoms with van der Waals surface area (Å²) in [6, 6.07) is 11.2. The Morgan fingerprint density at radius 3 is 2.61 bits per heavy atom. The molecule has 2 N–H and O–H groups in total. The van der Waals surface area contributed by atoms with Crippen LogP contribution in [0.3, 0.4) is 0 Å². The molecular weight excluding hydrogens is 222 g/mol. The molecule has 1 aromatic carbocycles. The third-order valence-electron chi connectivity index (χ3n) is 3.91. The van der Waals surface area contributed by atoms with Gasteiger partial charge in [0.25, 0.3) is 0 Å². The van der Waals surface area contributed by atoms with Gasteiger partial charge in [-0.05, 0) is 37.3 Å². The van der Waals surface area contributed by atoms with E-state index < -0.39 is 0 Å². The van der Waals surface area contributed by atoms with Crippen molar-refractivity contribution in [1.29, 1.82) is 0 Å². The Hall–Kier alpha value is -0.860. The Bertz CT molecular complexity index is 332. The van der Waals surface area contributed by atoms with E-state index in [0.717, 1.165) is 19.4 Å². The standard InChI is InChI=1S/C16H25NO/c1-2-3-9-16(14-7-5-4-6-8-14)17-12-13-10-15(18)11-13/h4-8,13,15-18H,2-3,9-12H2,1H3. The predicted octanol–water partition coefficient (Wildman–Crippen LogP) is 3.28. The molecule has 1 aromatic rings. The molecule has 100 valence electrons. The van der Waals surface area contributed by atoms with Gasteiger partial charge in [0, 0.05) is 6.04 Å². The highest BCUT2D eigenvalue weighted by molar-refractivity contribution is 5.18. The van der Waals surface area contributed by atoms with Gasteiger partial charge >= 0.3 is 0 Å². The van der Waals surface area contributed by atoms with Crippen molar-refractivity contribution in [2.24, 2.45) is 5.92 Å². The molecule has 0 heterocycles. The van der Waals surface area contributed by atoms with Crippen LogP contribution in [0.15, 0.2) is 30.3 Å². The van der Waals surface area contributed by atoms with E-state index in [-0.39, 0.29) is 6.10 Å². The lowest BCUT2D eigenvalue weighted by atomic mass is 9.82. The predicted molar refractivity (Wildman–Crippen MR) is 75.4 cm³/mol. The first-order valence-corrected chi connectivity index (χ1v) is 7.26. The summed E-state index contributed by atoms with van der Waals surface area (Å²) in [5.74, 6) is 0.674. The maximum atomic E-state index is 9.31. The first-order valence-electron chi connectivity index (χ1n) is 7.26. The third kappa shape index (κ3) is 3.82. The number of rotatable bonds is 7. The fraction of sp³-hybridized carbons (Fsp3) is 0.625. The fourth-order valence-electron chi connectivity index (χ4n) is 2.66. The smallest absolute Gasteiger partial charge is 0.0546 e. The zero-order chi connectivity index (χ0) is 12.8. The van der Waals surface area contributed by atoms with E-state index in [1.807, 2.05) is 0 Å². The minimum Gasteiger partial charge on any atom is -0.393 e. The average molecular weight is 247 g/mol. The van der Waals surface area contributed by atoms with E-state index in [1.54, 1.807) is 0 Å². The van der Waals surface area contributed by atoms with Crippen molar-refractivity contribution in [3.63, 3.8) is 0 Å². The number of unbranched alkanes of at least 4 members (excludes halogenated alkanes) is 1. The van der Waals surface area contributed by atoms with Crippen LogP contribution in [0.5, 0.6) is 0 Å². The Balaban J connectivity index is 1.84. The molecule has 18 heavy (non-hydrogen) atoms. The molecule has 0 bridgehead atoms. The molecule has 1 atom stereocenters. The molecule has 1 saturated carbocycles.